The summed E-state index contributed by atoms with van der Waals surface area (Å²) in [7, 11) is 0. The van der Waals surface area contributed by atoms with Crippen LogP contribution in [0.5, 0.6) is 5.75 Å². The van der Waals surface area contributed by atoms with Crippen molar-refractivity contribution in [3.8, 4) is 5.75 Å². The number of rotatable bonds is 5. The average molecular weight is 313 g/mol. The number of ether oxygens (including phenoxy) is 1. The zero-order chi connectivity index (χ0) is 16.2. The Morgan fingerprint density at radius 3 is 2.17 bits per heavy atom. The summed E-state index contributed by atoms with van der Waals surface area (Å²) < 4.78 is 8.19. The molecule has 0 amide bonds. The van der Waals surface area contributed by atoms with Crippen LogP contribution in [-0.2, 0) is 13.2 Å². The summed E-state index contributed by atoms with van der Waals surface area (Å²) in [5, 5.41) is 1.21. The van der Waals surface area contributed by atoms with E-state index in [1.165, 1.54) is 22.0 Å². The van der Waals surface area contributed by atoms with E-state index in [-0.39, 0.29) is 0 Å². The van der Waals surface area contributed by atoms with Crippen LogP contribution in [0.15, 0.2) is 91.1 Å². The molecule has 3 aromatic carbocycles. The van der Waals surface area contributed by atoms with Crippen molar-refractivity contribution in [1.29, 1.82) is 0 Å². The molecule has 0 radical (unpaired) electrons. The Kier molecular flexibility index (Phi) is 4.03. The van der Waals surface area contributed by atoms with E-state index in [4.69, 9.17) is 4.74 Å². The molecule has 0 fully saturated rings. The van der Waals surface area contributed by atoms with E-state index >= 15 is 0 Å². The summed E-state index contributed by atoms with van der Waals surface area (Å²) in [5.74, 6) is 0.906. The van der Waals surface area contributed by atoms with Crippen LogP contribution < -0.4 is 4.74 Å². The minimum Gasteiger partial charge on any atom is -0.489 e. The van der Waals surface area contributed by atoms with Crippen molar-refractivity contribution < 1.29 is 4.74 Å². The van der Waals surface area contributed by atoms with Crippen molar-refractivity contribution in [3.63, 3.8) is 0 Å². The first-order valence-electron chi connectivity index (χ1n) is 8.18. The smallest absolute Gasteiger partial charge is 0.120 e. The molecule has 4 aromatic rings. The van der Waals surface area contributed by atoms with Crippen LogP contribution in [0, 0.1) is 0 Å². The van der Waals surface area contributed by atoms with Gasteiger partial charge in [0, 0.05) is 23.6 Å². The van der Waals surface area contributed by atoms with Crippen molar-refractivity contribution in [2.24, 2.45) is 0 Å². The van der Waals surface area contributed by atoms with Gasteiger partial charge in [-0.1, -0.05) is 60.7 Å². The molecule has 0 spiro atoms. The number of aromatic nitrogens is 1. The molecule has 4 rings (SSSR count). The van der Waals surface area contributed by atoms with E-state index in [2.05, 4.69) is 65.4 Å². The zero-order valence-electron chi connectivity index (χ0n) is 13.4. The van der Waals surface area contributed by atoms with E-state index < -0.39 is 0 Å². The molecule has 0 aliphatic heterocycles. The molecule has 2 nitrogen and oxygen atoms in total. The Balaban J connectivity index is 1.52. The van der Waals surface area contributed by atoms with Gasteiger partial charge in [-0.05, 0) is 35.4 Å². The molecule has 0 unspecified atom stereocenters. The predicted octanol–water partition coefficient (Wildman–Crippen LogP) is 5.27. The van der Waals surface area contributed by atoms with E-state index in [0.717, 1.165) is 12.3 Å². The molecule has 2 heteroatoms. The Hall–Kier alpha value is -3.00. The quantitative estimate of drug-likeness (QED) is 0.489. The molecular formula is C22H19NO. The maximum absolute atomic E-state index is 5.92. The fourth-order valence-electron chi connectivity index (χ4n) is 2.93. The first kappa shape index (κ1) is 14.6. The number of nitrogens with zero attached hydrogens (tertiary/aromatic N) is 1. The maximum atomic E-state index is 5.92. The Morgan fingerprint density at radius 1 is 0.708 bits per heavy atom. The third kappa shape index (κ3) is 3.18. The Labute approximate surface area is 141 Å². The molecule has 0 bridgehead atoms. The number of benzene rings is 3. The van der Waals surface area contributed by atoms with Crippen LogP contribution in [0.2, 0.25) is 0 Å². The van der Waals surface area contributed by atoms with Gasteiger partial charge in [0.1, 0.15) is 12.4 Å². The molecule has 0 N–H and O–H groups in total. The standard InChI is InChI=1S/C22H19NO/c1-3-7-18(8-4-1)16-23-14-13-20-15-21(11-12-22(20)23)24-17-19-9-5-2-6-10-19/h1-15H,16-17H2. The van der Waals surface area contributed by atoms with Gasteiger partial charge >= 0.3 is 0 Å². The van der Waals surface area contributed by atoms with Gasteiger partial charge in [-0.3, -0.25) is 0 Å². The summed E-state index contributed by atoms with van der Waals surface area (Å²) in [4.78, 5) is 0. The van der Waals surface area contributed by atoms with Crippen LogP contribution >= 0.6 is 0 Å². The fraction of sp³-hybridized carbons (Fsp3) is 0.0909. The highest BCUT2D eigenvalue weighted by atomic mass is 16.5. The van der Waals surface area contributed by atoms with Crippen LogP contribution in [-0.4, -0.2) is 4.57 Å². The van der Waals surface area contributed by atoms with Crippen LogP contribution in [0.3, 0.4) is 0 Å². The SMILES string of the molecule is c1ccc(COc2ccc3c(ccn3Cc3ccccc3)c2)cc1. The second-order valence-corrected chi connectivity index (χ2v) is 5.92. The van der Waals surface area contributed by atoms with Gasteiger partial charge in [-0.2, -0.15) is 0 Å². The Bertz CT molecular complexity index is 926. The molecule has 0 saturated heterocycles. The first-order chi connectivity index (χ1) is 11.9. The third-order valence-electron chi connectivity index (χ3n) is 4.19. The van der Waals surface area contributed by atoms with Gasteiger partial charge in [-0.15, -0.1) is 0 Å². The van der Waals surface area contributed by atoms with Gasteiger partial charge in [0.25, 0.3) is 0 Å². The number of fused-ring (bicyclic) bond motifs is 1. The molecule has 24 heavy (non-hydrogen) atoms. The second kappa shape index (κ2) is 6.63. The monoisotopic (exact) mass is 313 g/mol. The lowest BCUT2D eigenvalue weighted by molar-refractivity contribution is 0.306. The van der Waals surface area contributed by atoms with Gasteiger partial charge in [-0.25, -0.2) is 0 Å². The molecule has 118 valence electrons. The minimum atomic E-state index is 0.594. The molecule has 0 aliphatic rings. The summed E-state index contributed by atoms with van der Waals surface area (Å²) >= 11 is 0. The van der Waals surface area contributed by atoms with E-state index in [9.17, 15) is 0 Å². The molecule has 1 heterocycles. The highest BCUT2D eigenvalue weighted by molar-refractivity contribution is 5.81. The summed E-state index contributed by atoms with van der Waals surface area (Å²) in [6.45, 7) is 1.48. The molecule has 0 saturated carbocycles. The first-order valence-corrected chi connectivity index (χ1v) is 8.18. The predicted molar refractivity (Wildman–Crippen MR) is 98.3 cm³/mol. The highest BCUT2D eigenvalue weighted by Gasteiger charge is 2.04. The number of hydrogen-bond acceptors (Lipinski definition) is 1. The maximum Gasteiger partial charge on any atom is 0.120 e. The molecule has 0 atom stereocenters. The molecule has 0 aliphatic carbocycles. The van der Waals surface area contributed by atoms with Crippen molar-refractivity contribution in [1.82, 2.24) is 4.57 Å². The van der Waals surface area contributed by atoms with E-state index in [1.807, 2.05) is 30.3 Å². The highest BCUT2D eigenvalue weighted by Crippen LogP contribution is 2.23. The van der Waals surface area contributed by atoms with Gasteiger partial charge in [0.2, 0.25) is 0 Å². The van der Waals surface area contributed by atoms with Crippen molar-refractivity contribution in [3.05, 3.63) is 102 Å². The second-order valence-electron chi connectivity index (χ2n) is 5.92. The van der Waals surface area contributed by atoms with Crippen molar-refractivity contribution >= 4 is 10.9 Å². The van der Waals surface area contributed by atoms with Crippen molar-refractivity contribution in [2.45, 2.75) is 13.2 Å². The summed E-state index contributed by atoms with van der Waals surface area (Å²) in [5.41, 5.74) is 3.71. The van der Waals surface area contributed by atoms with Crippen LogP contribution in [0.25, 0.3) is 10.9 Å². The lowest BCUT2D eigenvalue weighted by Gasteiger charge is -2.08. The summed E-state index contributed by atoms with van der Waals surface area (Å²) in [6.07, 6.45) is 2.14. The van der Waals surface area contributed by atoms with Crippen molar-refractivity contribution in [2.75, 3.05) is 0 Å². The minimum absolute atomic E-state index is 0.594. The average Bonchev–Trinajstić information content (AvgIpc) is 3.04. The van der Waals surface area contributed by atoms with Gasteiger partial charge < -0.3 is 9.30 Å². The summed E-state index contributed by atoms with van der Waals surface area (Å²) in [6, 6.07) is 29.2. The Morgan fingerprint density at radius 2 is 1.42 bits per heavy atom. The zero-order valence-corrected chi connectivity index (χ0v) is 13.4. The van der Waals surface area contributed by atoms with Crippen LogP contribution in [0.4, 0.5) is 0 Å². The largest absolute Gasteiger partial charge is 0.489 e. The fourth-order valence-corrected chi connectivity index (χ4v) is 2.93. The lowest BCUT2D eigenvalue weighted by atomic mass is 10.2. The topological polar surface area (TPSA) is 14.2 Å². The van der Waals surface area contributed by atoms with E-state index in [1.54, 1.807) is 0 Å². The molecular weight excluding hydrogens is 294 g/mol. The van der Waals surface area contributed by atoms with E-state index in [0.29, 0.717) is 6.61 Å². The molecule has 1 aromatic heterocycles. The normalized spacial score (nSPS) is 10.8. The van der Waals surface area contributed by atoms with Crippen LogP contribution in [0.1, 0.15) is 11.1 Å². The van der Waals surface area contributed by atoms with Gasteiger partial charge in [0.15, 0.2) is 0 Å². The number of hydrogen-bond donors (Lipinski definition) is 0. The van der Waals surface area contributed by atoms with Gasteiger partial charge in [0.05, 0.1) is 0 Å². The third-order valence-corrected chi connectivity index (χ3v) is 4.19. The lowest BCUT2D eigenvalue weighted by Crippen LogP contribution is -1.98.